The van der Waals surface area contributed by atoms with Gasteiger partial charge in [0.15, 0.2) is 0 Å². The number of nitrogens with zero attached hydrogens (tertiary/aromatic N) is 3. The minimum Gasteiger partial charge on any atom is -0.372 e. The van der Waals surface area contributed by atoms with E-state index in [0.29, 0.717) is 15.6 Å². The number of pyridine rings is 1. The summed E-state index contributed by atoms with van der Waals surface area (Å²) in [7, 11) is 1.83. The number of imidazole rings is 1. The van der Waals surface area contributed by atoms with Crippen molar-refractivity contribution in [2.75, 3.05) is 12.4 Å². The fourth-order valence-corrected chi connectivity index (χ4v) is 3.46. The van der Waals surface area contributed by atoms with Crippen LogP contribution in [0.15, 0.2) is 35.2 Å². The van der Waals surface area contributed by atoms with Gasteiger partial charge in [-0.2, -0.15) is 5.10 Å². The summed E-state index contributed by atoms with van der Waals surface area (Å²) in [5, 5.41) is 10.8. The normalized spacial score (nSPS) is 11.5. The van der Waals surface area contributed by atoms with E-state index >= 15 is 0 Å². The third-order valence-corrected chi connectivity index (χ3v) is 4.77. The largest absolute Gasteiger partial charge is 0.372 e. The number of benzene rings is 1. The maximum absolute atomic E-state index is 14.5. The maximum atomic E-state index is 14.5. The van der Waals surface area contributed by atoms with E-state index in [9.17, 15) is 4.39 Å². The maximum Gasteiger partial charge on any atom is 0.145 e. The summed E-state index contributed by atoms with van der Waals surface area (Å²) in [6.07, 6.45) is 5.57. The summed E-state index contributed by atoms with van der Waals surface area (Å²) < 4.78 is 16.9. The molecule has 3 aromatic heterocycles. The molecule has 0 atom stereocenters. The summed E-state index contributed by atoms with van der Waals surface area (Å²) in [4.78, 5) is 4.42. The van der Waals surface area contributed by atoms with E-state index in [1.54, 1.807) is 13.1 Å². The van der Waals surface area contributed by atoms with Crippen LogP contribution >= 0.6 is 15.9 Å². The van der Waals surface area contributed by atoms with Gasteiger partial charge in [0.05, 0.1) is 22.4 Å². The number of hydrogen-bond acceptors (Lipinski definition) is 3. The van der Waals surface area contributed by atoms with E-state index < -0.39 is 0 Å². The van der Waals surface area contributed by atoms with Gasteiger partial charge < -0.3 is 9.72 Å². The van der Waals surface area contributed by atoms with Crippen molar-refractivity contribution in [2.45, 2.75) is 6.92 Å². The molecule has 3 heterocycles. The van der Waals surface area contributed by atoms with Crippen LogP contribution in [0.4, 0.5) is 10.2 Å². The van der Waals surface area contributed by atoms with Gasteiger partial charge in [-0.3, -0.25) is 5.10 Å². The average molecular weight is 374 g/mol. The fourth-order valence-electron chi connectivity index (χ4n) is 2.86. The lowest BCUT2D eigenvalue weighted by Gasteiger charge is -2.11. The highest BCUT2D eigenvalue weighted by molar-refractivity contribution is 9.10. The van der Waals surface area contributed by atoms with Crippen LogP contribution in [-0.2, 0) is 0 Å². The van der Waals surface area contributed by atoms with Gasteiger partial charge in [0.25, 0.3) is 0 Å². The quantitative estimate of drug-likeness (QED) is 0.555. The molecule has 116 valence electrons. The van der Waals surface area contributed by atoms with Crippen molar-refractivity contribution >= 4 is 38.3 Å². The fraction of sp³-hybridized carbons (Fsp3) is 0.125. The van der Waals surface area contributed by atoms with E-state index in [1.807, 2.05) is 36.0 Å². The Kier molecular flexibility index (Phi) is 3.12. The van der Waals surface area contributed by atoms with E-state index in [0.717, 1.165) is 28.0 Å². The molecule has 0 bridgehead atoms. The number of rotatable bonds is 2. The first-order valence-corrected chi connectivity index (χ1v) is 7.87. The first-order valence-electron chi connectivity index (χ1n) is 7.07. The standard InChI is InChI=1S/C16H13BrFN5/c1-8-13(10-5-20-22-16(10)14(17)15(8)18)9-3-4-12-21-11(19-2)7-23(12)6-9/h3-7,19H,1-2H3,(H,20,22). The summed E-state index contributed by atoms with van der Waals surface area (Å²) >= 11 is 3.30. The number of hydrogen-bond donors (Lipinski definition) is 2. The van der Waals surface area contributed by atoms with Gasteiger partial charge in [0.1, 0.15) is 17.3 Å². The van der Waals surface area contributed by atoms with E-state index in [4.69, 9.17) is 0 Å². The van der Waals surface area contributed by atoms with E-state index in [-0.39, 0.29) is 5.82 Å². The SMILES string of the molecule is CNc1cn2cc(-c3c(C)c(F)c(Br)c4[nH]ncc34)ccc2n1. The highest BCUT2D eigenvalue weighted by Gasteiger charge is 2.18. The second-order valence-corrected chi connectivity index (χ2v) is 6.14. The molecule has 0 spiro atoms. The van der Waals surface area contributed by atoms with Crippen molar-refractivity contribution in [3.63, 3.8) is 0 Å². The minimum atomic E-state index is -0.279. The molecule has 7 heteroatoms. The predicted molar refractivity (Wildman–Crippen MR) is 92.2 cm³/mol. The Hall–Kier alpha value is -2.41. The molecule has 4 aromatic rings. The van der Waals surface area contributed by atoms with Gasteiger partial charge in [-0.25, -0.2) is 9.37 Å². The Morgan fingerprint density at radius 3 is 2.91 bits per heavy atom. The van der Waals surface area contributed by atoms with Gasteiger partial charge in [-0.05, 0) is 46.1 Å². The number of nitrogens with one attached hydrogen (secondary N) is 2. The first kappa shape index (κ1) is 14.2. The summed E-state index contributed by atoms with van der Waals surface area (Å²) in [6, 6.07) is 3.87. The molecule has 0 aliphatic rings. The molecule has 5 nitrogen and oxygen atoms in total. The third kappa shape index (κ3) is 2.03. The lowest BCUT2D eigenvalue weighted by atomic mass is 9.98. The van der Waals surface area contributed by atoms with Crippen molar-refractivity contribution < 1.29 is 4.39 Å². The van der Waals surface area contributed by atoms with Crippen molar-refractivity contribution in [3.05, 3.63) is 46.6 Å². The smallest absolute Gasteiger partial charge is 0.145 e. The molecule has 0 fully saturated rings. The third-order valence-electron chi connectivity index (χ3n) is 4.02. The molecule has 0 saturated carbocycles. The number of fused-ring (bicyclic) bond motifs is 2. The van der Waals surface area contributed by atoms with Crippen molar-refractivity contribution in [3.8, 4) is 11.1 Å². The number of aromatic nitrogens is 4. The highest BCUT2D eigenvalue weighted by Crippen LogP contribution is 2.37. The zero-order chi connectivity index (χ0) is 16.1. The van der Waals surface area contributed by atoms with Gasteiger partial charge in [-0.15, -0.1) is 0 Å². The Labute approximate surface area is 139 Å². The number of anilines is 1. The predicted octanol–water partition coefficient (Wildman–Crippen LogP) is 4.13. The Bertz CT molecular complexity index is 1050. The van der Waals surface area contributed by atoms with Gasteiger partial charge in [-0.1, -0.05) is 0 Å². The van der Waals surface area contributed by atoms with Crippen LogP contribution in [0.1, 0.15) is 5.56 Å². The van der Waals surface area contributed by atoms with Crippen molar-refractivity contribution in [2.24, 2.45) is 0 Å². The Balaban J connectivity index is 2.03. The molecule has 0 saturated heterocycles. The summed E-state index contributed by atoms with van der Waals surface area (Å²) in [5.41, 5.74) is 3.81. The van der Waals surface area contributed by atoms with Crippen LogP contribution in [-0.4, -0.2) is 26.6 Å². The first-order chi connectivity index (χ1) is 11.1. The molecule has 23 heavy (non-hydrogen) atoms. The number of halogens is 2. The molecule has 0 amide bonds. The zero-order valence-electron chi connectivity index (χ0n) is 12.5. The topological polar surface area (TPSA) is 58.0 Å². The van der Waals surface area contributed by atoms with E-state index in [1.165, 1.54) is 0 Å². The van der Waals surface area contributed by atoms with Crippen LogP contribution in [0.3, 0.4) is 0 Å². The van der Waals surface area contributed by atoms with Crippen LogP contribution < -0.4 is 5.32 Å². The number of aromatic amines is 1. The number of H-pyrrole nitrogens is 1. The second kappa shape index (κ2) is 5.06. The van der Waals surface area contributed by atoms with Gasteiger partial charge in [0.2, 0.25) is 0 Å². The molecular formula is C16H13BrFN5. The van der Waals surface area contributed by atoms with Gasteiger partial charge >= 0.3 is 0 Å². The Morgan fingerprint density at radius 2 is 2.13 bits per heavy atom. The molecule has 0 aliphatic carbocycles. The lowest BCUT2D eigenvalue weighted by molar-refractivity contribution is 0.614. The second-order valence-electron chi connectivity index (χ2n) is 5.35. The summed E-state index contributed by atoms with van der Waals surface area (Å²) in [5.74, 6) is 0.507. The molecule has 0 unspecified atom stereocenters. The summed E-state index contributed by atoms with van der Waals surface area (Å²) in [6.45, 7) is 1.78. The average Bonchev–Trinajstić information content (AvgIpc) is 3.18. The van der Waals surface area contributed by atoms with Crippen LogP contribution in [0.25, 0.3) is 27.7 Å². The van der Waals surface area contributed by atoms with Crippen LogP contribution in [0.2, 0.25) is 0 Å². The van der Waals surface area contributed by atoms with Crippen LogP contribution in [0, 0.1) is 12.7 Å². The molecular weight excluding hydrogens is 361 g/mol. The van der Waals surface area contributed by atoms with Crippen molar-refractivity contribution in [1.29, 1.82) is 0 Å². The Morgan fingerprint density at radius 1 is 1.30 bits per heavy atom. The lowest BCUT2D eigenvalue weighted by Crippen LogP contribution is -1.94. The molecule has 0 aliphatic heterocycles. The highest BCUT2D eigenvalue weighted by atomic mass is 79.9. The molecule has 4 rings (SSSR count). The van der Waals surface area contributed by atoms with Gasteiger partial charge in [0, 0.05) is 24.2 Å². The van der Waals surface area contributed by atoms with Crippen molar-refractivity contribution in [1.82, 2.24) is 19.6 Å². The molecule has 1 aromatic carbocycles. The minimum absolute atomic E-state index is 0.279. The monoisotopic (exact) mass is 373 g/mol. The van der Waals surface area contributed by atoms with Crippen LogP contribution in [0.5, 0.6) is 0 Å². The zero-order valence-corrected chi connectivity index (χ0v) is 14.1. The van der Waals surface area contributed by atoms with E-state index in [2.05, 4.69) is 36.4 Å². The molecule has 0 radical (unpaired) electrons. The molecule has 2 N–H and O–H groups in total.